The summed E-state index contributed by atoms with van der Waals surface area (Å²) in [4.78, 5) is 31.9. The second kappa shape index (κ2) is 9.18. The van der Waals surface area contributed by atoms with Crippen molar-refractivity contribution in [3.05, 3.63) is 82.3 Å². The molecule has 0 bridgehead atoms. The van der Waals surface area contributed by atoms with Gasteiger partial charge < -0.3 is 19.4 Å². The Balaban J connectivity index is 1.61. The number of hydrogen-bond donors (Lipinski definition) is 2. The van der Waals surface area contributed by atoms with E-state index >= 15 is 0 Å². The molecule has 35 heavy (non-hydrogen) atoms. The van der Waals surface area contributed by atoms with Crippen molar-refractivity contribution >= 4 is 50.2 Å². The van der Waals surface area contributed by atoms with Crippen molar-refractivity contribution in [1.29, 1.82) is 0 Å². The predicted octanol–water partition coefficient (Wildman–Crippen LogP) is 4.95. The van der Waals surface area contributed by atoms with Crippen LogP contribution in [0.5, 0.6) is 0 Å². The Hall–Kier alpha value is -3.66. The maximum Gasteiger partial charge on any atom is 0.340 e. The van der Waals surface area contributed by atoms with E-state index in [0.717, 1.165) is 15.8 Å². The minimum Gasteiger partial charge on any atom is -0.503 e. The molecule has 2 aromatic carbocycles. The number of benzene rings is 2. The van der Waals surface area contributed by atoms with Crippen LogP contribution in [0.3, 0.4) is 0 Å². The van der Waals surface area contributed by atoms with Crippen molar-refractivity contribution in [3.8, 4) is 11.3 Å². The second-order valence-corrected chi connectivity index (χ2v) is 9.32. The van der Waals surface area contributed by atoms with Crippen LogP contribution in [0.1, 0.15) is 17.4 Å². The second-order valence-electron chi connectivity index (χ2n) is 7.88. The predicted molar refractivity (Wildman–Crippen MR) is 131 cm³/mol. The van der Waals surface area contributed by atoms with Gasteiger partial charge in [-0.25, -0.2) is 9.78 Å². The van der Waals surface area contributed by atoms with E-state index in [4.69, 9.17) is 25.9 Å². The number of fused-ring (bicyclic) bond motifs is 1. The van der Waals surface area contributed by atoms with E-state index in [0.29, 0.717) is 21.4 Å². The molecule has 0 saturated carbocycles. The molecule has 8 nitrogen and oxygen atoms in total. The Kier molecular flexibility index (Phi) is 6.06. The maximum atomic E-state index is 13.2. The third-order valence-electron chi connectivity index (χ3n) is 5.52. The molecule has 2 aromatic heterocycles. The summed E-state index contributed by atoms with van der Waals surface area (Å²) in [5.74, 6) is -1.76. The van der Waals surface area contributed by atoms with Crippen LogP contribution in [0, 0.1) is 6.92 Å². The van der Waals surface area contributed by atoms with Crippen molar-refractivity contribution < 1.29 is 29.0 Å². The summed E-state index contributed by atoms with van der Waals surface area (Å²) >= 11 is 7.24. The lowest BCUT2D eigenvalue weighted by Crippen LogP contribution is -2.31. The minimum atomic E-state index is -1.11. The molecule has 4 aromatic rings. The molecule has 178 valence electrons. The smallest absolute Gasteiger partial charge is 0.340 e. The Morgan fingerprint density at radius 3 is 2.71 bits per heavy atom. The molecule has 1 amide bonds. The fraction of sp³-hybridized carbons (Fsp3) is 0.160. The number of nitrogens with zero attached hydrogens (tertiary/aromatic N) is 2. The SMILES string of the molecule is Cc1ccc2nc(N3C(=O)C(O)=C(C(=O)OCCO)C3c3ccc(-c4ccc(Cl)cc4)o3)sc2c1. The summed E-state index contributed by atoms with van der Waals surface area (Å²) in [5, 5.41) is 20.6. The van der Waals surface area contributed by atoms with Gasteiger partial charge in [0.05, 0.1) is 16.8 Å². The maximum absolute atomic E-state index is 13.2. The van der Waals surface area contributed by atoms with Crippen LogP contribution in [-0.2, 0) is 14.3 Å². The molecule has 1 unspecified atom stereocenters. The van der Waals surface area contributed by atoms with E-state index in [-0.39, 0.29) is 17.9 Å². The number of aryl methyl sites for hydroxylation is 1. The number of ether oxygens (including phenoxy) is 1. The first-order valence-corrected chi connectivity index (χ1v) is 11.8. The van der Waals surface area contributed by atoms with Gasteiger partial charge in [-0.15, -0.1) is 0 Å². The lowest BCUT2D eigenvalue weighted by molar-refractivity contribution is -0.140. The molecule has 2 N–H and O–H groups in total. The molecular formula is C25H19ClN2O6S. The van der Waals surface area contributed by atoms with Gasteiger partial charge in [-0.1, -0.05) is 29.0 Å². The standard InChI is InChI=1S/C25H19ClN2O6S/c1-13-2-7-16-19(12-13)35-25(27-16)28-21(20(22(30)23(28)31)24(32)33-11-10-29)18-9-8-17(34-18)14-3-5-15(26)6-4-14/h2-9,12,21,29-30H,10-11H2,1H3. The summed E-state index contributed by atoms with van der Waals surface area (Å²) in [6.07, 6.45) is 0. The highest BCUT2D eigenvalue weighted by atomic mass is 35.5. The highest BCUT2D eigenvalue weighted by Crippen LogP contribution is 2.44. The normalized spacial score (nSPS) is 15.9. The lowest BCUT2D eigenvalue weighted by Gasteiger charge is -2.22. The molecule has 0 saturated heterocycles. The van der Waals surface area contributed by atoms with Gasteiger partial charge in [0, 0.05) is 10.6 Å². The Morgan fingerprint density at radius 1 is 1.20 bits per heavy atom. The van der Waals surface area contributed by atoms with E-state index in [1.54, 1.807) is 36.4 Å². The largest absolute Gasteiger partial charge is 0.503 e. The van der Waals surface area contributed by atoms with Crippen LogP contribution in [0.25, 0.3) is 21.5 Å². The number of aliphatic hydroxyl groups is 2. The van der Waals surface area contributed by atoms with E-state index < -0.39 is 30.3 Å². The fourth-order valence-electron chi connectivity index (χ4n) is 3.89. The van der Waals surface area contributed by atoms with E-state index in [2.05, 4.69) is 4.98 Å². The first-order chi connectivity index (χ1) is 16.9. The summed E-state index contributed by atoms with van der Waals surface area (Å²) in [6, 6.07) is 14.9. The molecular weight excluding hydrogens is 492 g/mol. The number of hydrogen-bond acceptors (Lipinski definition) is 8. The first-order valence-electron chi connectivity index (χ1n) is 10.6. The molecule has 0 spiro atoms. The third-order valence-corrected chi connectivity index (χ3v) is 6.79. The van der Waals surface area contributed by atoms with E-state index in [9.17, 15) is 14.7 Å². The van der Waals surface area contributed by atoms with Gasteiger partial charge in [0.25, 0.3) is 5.91 Å². The van der Waals surface area contributed by atoms with Gasteiger partial charge in [-0.2, -0.15) is 0 Å². The topological polar surface area (TPSA) is 113 Å². The van der Waals surface area contributed by atoms with Crippen LogP contribution in [0.15, 0.2) is 70.3 Å². The quantitative estimate of drug-likeness (QED) is 0.353. The number of carbonyl (C=O) groups is 2. The van der Waals surface area contributed by atoms with Gasteiger partial charge >= 0.3 is 5.97 Å². The van der Waals surface area contributed by atoms with E-state index in [1.807, 2.05) is 25.1 Å². The zero-order valence-electron chi connectivity index (χ0n) is 18.4. The molecule has 1 aliphatic rings. The van der Waals surface area contributed by atoms with Gasteiger partial charge in [0.1, 0.15) is 29.7 Å². The summed E-state index contributed by atoms with van der Waals surface area (Å²) < 4.78 is 12.0. The van der Waals surface area contributed by atoms with Crippen LogP contribution >= 0.6 is 22.9 Å². The Labute approximate surface area is 208 Å². The molecule has 0 radical (unpaired) electrons. The number of rotatable bonds is 6. The number of furan rings is 1. The zero-order chi connectivity index (χ0) is 24.7. The van der Waals surface area contributed by atoms with Crippen molar-refractivity contribution in [2.75, 3.05) is 18.1 Å². The average Bonchev–Trinajstić information content (AvgIpc) is 3.54. The van der Waals surface area contributed by atoms with Crippen LogP contribution in [0.4, 0.5) is 5.13 Å². The summed E-state index contributed by atoms with van der Waals surface area (Å²) in [5.41, 5.74) is 2.17. The lowest BCUT2D eigenvalue weighted by atomic mass is 10.1. The number of esters is 1. The Bertz CT molecular complexity index is 1470. The zero-order valence-corrected chi connectivity index (χ0v) is 20.0. The number of amides is 1. The average molecular weight is 511 g/mol. The minimum absolute atomic E-state index is 0.235. The number of aromatic nitrogens is 1. The molecule has 1 aliphatic heterocycles. The van der Waals surface area contributed by atoms with Crippen LogP contribution in [0.2, 0.25) is 5.02 Å². The van der Waals surface area contributed by atoms with Gasteiger partial charge in [-0.05, 0) is 61.0 Å². The monoisotopic (exact) mass is 510 g/mol. The number of anilines is 1. The summed E-state index contributed by atoms with van der Waals surface area (Å²) in [6.45, 7) is 1.26. The van der Waals surface area contributed by atoms with Crippen molar-refractivity contribution in [2.24, 2.45) is 0 Å². The fourth-order valence-corrected chi connectivity index (χ4v) is 5.10. The molecule has 0 aliphatic carbocycles. The highest BCUT2D eigenvalue weighted by molar-refractivity contribution is 7.22. The highest BCUT2D eigenvalue weighted by Gasteiger charge is 2.48. The van der Waals surface area contributed by atoms with Crippen molar-refractivity contribution in [2.45, 2.75) is 13.0 Å². The number of aliphatic hydroxyl groups excluding tert-OH is 2. The van der Waals surface area contributed by atoms with Gasteiger partial charge in [-0.3, -0.25) is 9.69 Å². The molecule has 5 rings (SSSR count). The van der Waals surface area contributed by atoms with Gasteiger partial charge in [0.2, 0.25) is 0 Å². The van der Waals surface area contributed by atoms with E-state index in [1.165, 1.54) is 16.2 Å². The molecule has 1 atom stereocenters. The summed E-state index contributed by atoms with van der Waals surface area (Å²) in [7, 11) is 0. The number of halogens is 1. The van der Waals surface area contributed by atoms with Crippen LogP contribution < -0.4 is 4.90 Å². The van der Waals surface area contributed by atoms with Crippen molar-refractivity contribution in [3.63, 3.8) is 0 Å². The molecule has 3 heterocycles. The van der Waals surface area contributed by atoms with Crippen LogP contribution in [-0.4, -0.2) is 40.3 Å². The number of carbonyl (C=O) groups excluding carboxylic acids is 2. The third kappa shape index (κ3) is 4.18. The molecule has 10 heteroatoms. The number of thiazole rings is 1. The first kappa shape index (κ1) is 23.1. The Morgan fingerprint density at radius 2 is 1.97 bits per heavy atom. The van der Waals surface area contributed by atoms with Gasteiger partial charge in [0.15, 0.2) is 10.9 Å². The van der Waals surface area contributed by atoms with Crippen molar-refractivity contribution in [1.82, 2.24) is 4.98 Å². The molecule has 0 fully saturated rings.